The fraction of sp³-hybridized carbons (Fsp3) is 0.650. The maximum absolute atomic E-state index is 13.6. The van der Waals surface area contributed by atoms with Gasteiger partial charge in [-0.1, -0.05) is 29.8 Å². The number of esters is 1. The van der Waals surface area contributed by atoms with Crippen molar-refractivity contribution in [2.45, 2.75) is 56.1 Å². The van der Waals surface area contributed by atoms with Gasteiger partial charge in [0.15, 0.2) is 0 Å². The van der Waals surface area contributed by atoms with E-state index in [-0.39, 0.29) is 17.4 Å². The Morgan fingerprint density at radius 1 is 1.22 bits per heavy atom. The zero-order valence-corrected chi connectivity index (χ0v) is 16.1. The van der Waals surface area contributed by atoms with Gasteiger partial charge in [0.25, 0.3) is 0 Å². The molecule has 0 radical (unpaired) electrons. The number of ether oxygens (including phenoxy) is 1. The molecule has 148 valence electrons. The normalized spacial score (nSPS) is 34.7. The Labute approximate surface area is 161 Å². The highest BCUT2D eigenvalue weighted by Gasteiger charge is 2.59. The van der Waals surface area contributed by atoms with Crippen LogP contribution >= 0.6 is 12.0 Å². The smallest absolute Gasteiger partial charge is 0.415 e. The van der Waals surface area contributed by atoms with Crippen LogP contribution in [0.15, 0.2) is 24.3 Å². The van der Waals surface area contributed by atoms with Gasteiger partial charge < -0.3 is 4.74 Å². The highest BCUT2D eigenvalue weighted by atomic mass is 32.2. The number of carbonyl (C=O) groups is 1. The van der Waals surface area contributed by atoms with E-state index in [0.29, 0.717) is 11.8 Å². The van der Waals surface area contributed by atoms with Crippen LogP contribution in [0.3, 0.4) is 0 Å². The zero-order valence-electron chi connectivity index (χ0n) is 15.2. The molecule has 1 aromatic rings. The fourth-order valence-electron chi connectivity index (χ4n) is 6.25. The first kappa shape index (κ1) is 19.2. The van der Waals surface area contributed by atoms with E-state index in [1.807, 2.05) is 0 Å². The number of carbonyl (C=O) groups excluding carboxylic acids is 1. The maximum atomic E-state index is 13.6. The molecule has 4 aliphatic carbocycles. The average Bonchev–Trinajstić information content (AvgIpc) is 2.59. The quantitative estimate of drug-likeness (QED) is 0.312. The molecule has 0 spiro atoms. The lowest BCUT2D eigenvalue weighted by Crippen LogP contribution is -2.55. The number of hydrogen-bond acceptors (Lipinski definition) is 5. The first-order chi connectivity index (χ1) is 12.8. The van der Waals surface area contributed by atoms with Gasteiger partial charge in [-0.25, -0.2) is 10.1 Å². The second-order valence-electron chi connectivity index (χ2n) is 8.86. The summed E-state index contributed by atoms with van der Waals surface area (Å²) in [7, 11) is 0. The third-order valence-corrected chi connectivity index (χ3v) is 7.19. The summed E-state index contributed by atoms with van der Waals surface area (Å²) in [5.74, 6) is -0.537. The Morgan fingerprint density at radius 3 is 2.44 bits per heavy atom. The van der Waals surface area contributed by atoms with Crippen molar-refractivity contribution in [3.05, 3.63) is 35.4 Å². The summed E-state index contributed by atoms with van der Waals surface area (Å²) in [5, 5.41) is 4.29. The van der Waals surface area contributed by atoms with Crippen molar-refractivity contribution < 1.29 is 27.9 Å². The summed E-state index contributed by atoms with van der Waals surface area (Å²) < 4.78 is 35.5. The lowest BCUT2D eigenvalue weighted by atomic mass is 9.43. The van der Waals surface area contributed by atoms with Crippen LogP contribution in [0.25, 0.3) is 0 Å². The Hall–Kier alpha value is -1.18. The first-order valence-electron chi connectivity index (χ1n) is 9.37. The highest BCUT2D eigenvalue weighted by Crippen LogP contribution is 2.65. The molecule has 4 aliphatic rings. The van der Waals surface area contributed by atoms with E-state index in [0.717, 1.165) is 32.1 Å². The third kappa shape index (κ3) is 3.49. The molecule has 2 atom stereocenters. The molecular weight excluding hydrogens is 374 g/mol. The van der Waals surface area contributed by atoms with Crippen LogP contribution in [0.4, 0.5) is 8.78 Å². The molecular formula is C20H24F2O4S. The van der Waals surface area contributed by atoms with Gasteiger partial charge in [0, 0.05) is 5.41 Å². The molecule has 0 amide bonds. The average molecular weight is 398 g/mol. The van der Waals surface area contributed by atoms with E-state index in [1.54, 1.807) is 0 Å². The van der Waals surface area contributed by atoms with Crippen molar-refractivity contribution in [2.24, 2.45) is 17.3 Å². The van der Waals surface area contributed by atoms with Crippen LogP contribution in [-0.2, 0) is 19.3 Å². The van der Waals surface area contributed by atoms with E-state index >= 15 is 0 Å². The van der Waals surface area contributed by atoms with Crippen molar-refractivity contribution >= 4 is 18.0 Å². The minimum absolute atomic E-state index is 0.00796. The predicted octanol–water partition coefficient (Wildman–Crippen LogP) is 5.11. The van der Waals surface area contributed by atoms with Gasteiger partial charge in [0.2, 0.25) is 0 Å². The van der Waals surface area contributed by atoms with Gasteiger partial charge in [0.1, 0.15) is 12.0 Å². The van der Waals surface area contributed by atoms with E-state index in [2.05, 4.69) is 35.5 Å². The molecule has 1 aromatic carbocycles. The highest BCUT2D eigenvalue weighted by molar-refractivity contribution is 7.96. The van der Waals surface area contributed by atoms with Crippen molar-refractivity contribution in [3.8, 4) is 0 Å². The largest absolute Gasteiger partial charge is 0.460 e. The summed E-state index contributed by atoms with van der Waals surface area (Å²) >= 11 is -0.596. The summed E-state index contributed by atoms with van der Waals surface area (Å²) in [6.45, 7) is 2.08. The van der Waals surface area contributed by atoms with Crippen LogP contribution in [0.1, 0.15) is 49.7 Å². The van der Waals surface area contributed by atoms with Gasteiger partial charge in [-0.2, -0.15) is 13.1 Å². The van der Waals surface area contributed by atoms with Crippen LogP contribution in [0.5, 0.6) is 0 Å². The zero-order chi connectivity index (χ0) is 19.3. The SMILES string of the molecule is Cc1ccc(C23CC4CC(CC(COC(=O)C(F)(F)SOO)(C4)C2)C3)cc1. The summed E-state index contributed by atoms with van der Waals surface area (Å²) in [4.78, 5) is 11.8. The topological polar surface area (TPSA) is 55.8 Å². The van der Waals surface area contributed by atoms with Gasteiger partial charge in [-0.15, -0.1) is 0 Å². The van der Waals surface area contributed by atoms with Crippen molar-refractivity contribution in [3.63, 3.8) is 0 Å². The minimum atomic E-state index is -3.91. The predicted molar refractivity (Wildman–Crippen MR) is 97.2 cm³/mol. The molecule has 0 heterocycles. The molecule has 4 bridgehead atoms. The molecule has 5 rings (SSSR count). The second kappa shape index (κ2) is 6.71. The van der Waals surface area contributed by atoms with Crippen molar-refractivity contribution in [1.29, 1.82) is 0 Å². The number of aryl methyl sites for hydroxylation is 1. The lowest BCUT2D eigenvalue weighted by molar-refractivity contribution is -0.175. The molecule has 4 nitrogen and oxygen atoms in total. The number of rotatable bonds is 6. The Kier molecular flexibility index (Phi) is 4.76. The van der Waals surface area contributed by atoms with Crippen molar-refractivity contribution in [1.82, 2.24) is 0 Å². The van der Waals surface area contributed by atoms with Gasteiger partial charge in [-0.05, 0) is 68.3 Å². The molecule has 7 heteroatoms. The summed E-state index contributed by atoms with van der Waals surface area (Å²) in [6, 6.07) is 8.66. The Morgan fingerprint density at radius 2 is 1.85 bits per heavy atom. The van der Waals surface area contributed by atoms with Crippen LogP contribution < -0.4 is 0 Å². The molecule has 27 heavy (non-hydrogen) atoms. The van der Waals surface area contributed by atoms with Crippen LogP contribution in [0.2, 0.25) is 0 Å². The van der Waals surface area contributed by atoms with Crippen LogP contribution in [-0.4, -0.2) is 23.1 Å². The number of hydrogen-bond donors (Lipinski definition) is 1. The Bertz CT molecular complexity index is 707. The molecule has 0 aromatic heterocycles. The molecule has 1 N–H and O–H groups in total. The number of benzene rings is 1. The lowest BCUT2D eigenvalue weighted by Gasteiger charge is -2.62. The van der Waals surface area contributed by atoms with Crippen LogP contribution in [0, 0.1) is 24.2 Å². The maximum Gasteiger partial charge on any atom is 0.415 e. The minimum Gasteiger partial charge on any atom is -0.460 e. The first-order valence-corrected chi connectivity index (χ1v) is 10.1. The monoisotopic (exact) mass is 398 g/mol. The molecule has 4 saturated carbocycles. The third-order valence-electron chi connectivity index (χ3n) is 6.74. The van der Waals surface area contributed by atoms with Gasteiger partial charge >= 0.3 is 11.2 Å². The molecule has 0 saturated heterocycles. The number of halogens is 2. The van der Waals surface area contributed by atoms with E-state index in [1.165, 1.54) is 17.5 Å². The molecule has 2 unspecified atom stereocenters. The van der Waals surface area contributed by atoms with Gasteiger partial charge in [-0.3, -0.25) is 0 Å². The standard InChI is InChI=1S/C20H24F2O4S/c1-13-2-4-16(5-3-13)19-9-14-6-15(10-19)8-18(7-14,11-19)12-25-17(23)20(21,22)27-26-24/h2-5,14-15,24H,6-12H2,1H3. The second-order valence-corrected chi connectivity index (χ2v) is 9.69. The molecule has 0 aliphatic heterocycles. The van der Waals surface area contributed by atoms with Crippen molar-refractivity contribution in [2.75, 3.05) is 6.61 Å². The number of alkyl halides is 2. The van der Waals surface area contributed by atoms with E-state index < -0.39 is 23.3 Å². The van der Waals surface area contributed by atoms with Gasteiger partial charge in [0.05, 0.1) is 6.61 Å². The summed E-state index contributed by atoms with van der Waals surface area (Å²) in [6.07, 6.45) is 6.19. The Balaban J connectivity index is 1.53. The fourth-order valence-corrected chi connectivity index (χ4v) is 6.47. The molecule has 4 fully saturated rings. The van der Waals surface area contributed by atoms with E-state index in [9.17, 15) is 13.6 Å². The van der Waals surface area contributed by atoms with E-state index in [4.69, 9.17) is 9.99 Å². The summed E-state index contributed by atoms with van der Waals surface area (Å²) in [5.41, 5.74) is 2.38.